The lowest BCUT2D eigenvalue weighted by atomic mass is 10.1. The highest BCUT2D eigenvalue weighted by Crippen LogP contribution is 2.23. The summed E-state index contributed by atoms with van der Waals surface area (Å²) in [7, 11) is 0. The molecule has 1 aromatic heterocycles. The summed E-state index contributed by atoms with van der Waals surface area (Å²) in [5.41, 5.74) is 3.29. The molecular formula is C21H19ClN4O3. The lowest BCUT2D eigenvalue weighted by Crippen LogP contribution is -2.38. The van der Waals surface area contributed by atoms with E-state index in [0.717, 1.165) is 26.9 Å². The zero-order valence-electron chi connectivity index (χ0n) is 15.7. The average Bonchev–Trinajstić information content (AvgIpc) is 3.21. The van der Waals surface area contributed by atoms with E-state index in [2.05, 4.69) is 15.6 Å². The van der Waals surface area contributed by atoms with Crippen molar-refractivity contribution < 1.29 is 14.4 Å². The van der Waals surface area contributed by atoms with Gasteiger partial charge in [-0.1, -0.05) is 35.9 Å². The maximum atomic E-state index is 12.7. The molecule has 0 saturated carbocycles. The van der Waals surface area contributed by atoms with Crippen LogP contribution in [0.4, 0.5) is 10.5 Å². The van der Waals surface area contributed by atoms with E-state index in [1.165, 1.54) is 0 Å². The molecule has 1 aliphatic heterocycles. The van der Waals surface area contributed by atoms with E-state index in [1.54, 1.807) is 12.1 Å². The maximum absolute atomic E-state index is 12.7. The van der Waals surface area contributed by atoms with Gasteiger partial charge in [0.05, 0.1) is 10.7 Å². The monoisotopic (exact) mass is 410 g/mol. The number of halogens is 1. The molecule has 1 atom stereocenters. The molecule has 0 unspecified atom stereocenters. The Labute approximate surface area is 172 Å². The highest BCUT2D eigenvalue weighted by atomic mass is 35.5. The first-order chi connectivity index (χ1) is 13.9. The van der Waals surface area contributed by atoms with Gasteiger partial charge in [-0.05, 0) is 36.2 Å². The Morgan fingerprint density at radius 2 is 2.00 bits per heavy atom. The highest BCUT2D eigenvalue weighted by Gasteiger charge is 2.39. The van der Waals surface area contributed by atoms with Crippen molar-refractivity contribution in [3.05, 3.63) is 64.8 Å². The third-order valence-corrected chi connectivity index (χ3v) is 5.22. The Hall–Kier alpha value is -3.32. The van der Waals surface area contributed by atoms with Crippen molar-refractivity contribution in [3.8, 4) is 0 Å². The van der Waals surface area contributed by atoms with Crippen LogP contribution in [0.25, 0.3) is 10.9 Å². The minimum atomic E-state index is -0.711. The van der Waals surface area contributed by atoms with Crippen LogP contribution < -0.4 is 10.6 Å². The predicted octanol–water partition coefficient (Wildman–Crippen LogP) is 3.23. The number of rotatable bonds is 5. The zero-order valence-corrected chi connectivity index (χ0v) is 16.4. The Kier molecular flexibility index (Phi) is 4.98. The van der Waals surface area contributed by atoms with Gasteiger partial charge >= 0.3 is 6.03 Å². The number of amides is 4. The van der Waals surface area contributed by atoms with Crippen molar-refractivity contribution in [2.75, 3.05) is 11.9 Å². The molecule has 1 saturated heterocycles. The van der Waals surface area contributed by atoms with Crippen LogP contribution in [0.2, 0.25) is 5.02 Å². The Balaban J connectivity index is 1.43. The number of urea groups is 1. The second-order valence-corrected chi connectivity index (χ2v) is 7.43. The minimum absolute atomic E-state index is 0.344. The SMILES string of the molecule is Cc1ccc(NC(=O)CN2C(=O)N[C@@H](Cc3c[nH]c4ccccc34)C2=O)c(Cl)c1. The first kappa shape index (κ1) is 19.0. The van der Waals surface area contributed by atoms with Crippen LogP contribution in [0.1, 0.15) is 11.1 Å². The summed E-state index contributed by atoms with van der Waals surface area (Å²) in [6, 6.07) is 11.7. The molecule has 1 aliphatic rings. The zero-order chi connectivity index (χ0) is 20.5. The van der Waals surface area contributed by atoms with E-state index in [9.17, 15) is 14.4 Å². The number of anilines is 1. The minimum Gasteiger partial charge on any atom is -0.361 e. The van der Waals surface area contributed by atoms with E-state index in [-0.39, 0.29) is 6.54 Å². The molecule has 2 aromatic carbocycles. The molecule has 4 amide bonds. The number of nitrogens with zero attached hydrogens (tertiary/aromatic N) is 1. The number of benzene rings is 2. The fourth-order valence-electron chi connectivity index (χ4n) is 3.44. The van der Waals surface area contributed by atoms with Crippen LogP contribution in [0.5, 0.6) is 0 Å². The number of nitrogens with one attached hydrogen (secondary N) is 3. The van der Waals surface area contributed by atoms with Crippen LogP contribution in [-0.2, 0) is 16.0 Å². The number of carbonyl (C=O) groups excluding carboxylic acids is 3. The third kappa shape index (κ3) is 3.82. The second kappa shape index (κ2) is 7.60. The van der Waals surface area contributed by atoms with Crippen molar-refractivity contribution in [1.82, 2.24) is 15.2 Å². The summed E-state index contributed by atoms with van der Waals surface area (Å²) in [5.74, 6) is -0.919. The molecular weight excluding hydrogens is 392 g/mol. The van der Waals surface area contributed by atoms with Crippen LogP contribution >= 0.6 is 11.6 Å². The van der Waals surface area contributed by atoms with E-state index in [0.29, 0.717) is 17.1 Å². The number of hydrogen-bond donors (Lipinski definition) is 3. The number of carbonyl (C=O) groups is 3. The summed E-state index contributed by atoms with van der Waals surface area (Å²) in [5, 5.41) is 6.70. The lowest BCUT2D eigenvalue weighted by Gasteiger charge is -2.14. The van der Waals surface area contributed by atoms with E-state index in [4.69, 9.17) is 11.6 Å². The second-order valence-electron chi connectivity index (χ2n) is 7.02. The average molecular weight is 411 g/mol. The normalized spacial score (nSPS) is 16.3. The number of aryl methyl sites for hydroxylation is 1. The van der Waals surface area contributed by atoms with Gasteiger partial charge in [0.2, 0.25) is 5.91 Å². The van der Waals surface area contributed by atoms with E-state index < -0.39 is 23.9 Å². The van der Waals surface area contributed by atoms with Gasteiger partial charge in [0, 0.05) is 23.5 Å². The van der Waals surface area contributed by atoms with Gasteiger partial charge in [0.25, 0.3) is 5.91 Å². The Morgan fingerprint density at radius 1 is 1.21 bits per heavy atom. The number of imide groups is 1. The number of fused-ring (bicyclic) bond motifs is 1. The number of para-hydroxylation sites is 1. The van der Waals surface area contributed by atoms with Crippen molar-refractivity contribution in [2.45, 2.75) is 19.4 Å². The van der Waals surface area contributed by atoms with Gasteiger partial charge in [-0.2, -0.15) is 0 Å². The highest BCUT2D eigenvalue weighted by molar-refractivity contribution is 6.33. The molecule has 4 rings (SSSR count). The van der Waals surface area contributed by atoms with E-state index in [1.807, 2.05) is 43.5 Å². The summed E-state index contributed by atoms with van der Waals surface area (Å²) in [4.78, 5) is 41.4. The Morgan fingerprint density at radius 3 is 2.79 bits per heavy atom. The first-order valence-electron chi connectivity index (χ1n) is 9.15. The van der Waals surface area contributed by atoms with Crippen molar-refractivity contribution >= 4 is 46.0 Å². The largest absolute Gasteiger partial charge is 0.361 e. The molecule has 29 heavy (non-hydrogen) atoms. The number of aromatic amines is 1. The van der Waals surface area contributed by atoms with Crippen LogP contribution in [0.3, 0.4) is 0 Å². The molecule has 3 aromatic rings. The predicted molar refractivity (Wildman–Crippen MR) is 111 cm³/mol. The molecule has 3 N–H and O–H groups in total. The molecule has 0 aliphatic carbocycles. The fourth-order valence-corrected chi connectivity index (χ4v) is 3.72. The third-order valence-electron chi connectivity index (χ3n) is 4.91. The van der Waals surface area contributed by atoms with Gasteiger partial charge in [0.15, 0.2) is 0 Å². The van der Waals surface area contributed by atoms with Crippen molar-refractivity contribution in [2.24, 2.45) is 0 Å². The van der Waals surface area contributed by atoms with Gasteiger partial charge in [0.1, 0.15) is 12.6 Å². The Bertz CT molecular complexity index is 1120. The standard InChI is InChI=1S/C21H19ClN4O3/c1-12-6-7-17(15(22)8-12)24-19(27)11-26-20(28)18(25-21(26)29)9-13-10-23-16-5-3-2-4-14(13)16/h2-8,10,18,23H,9,11H2,1H3,(H,24,27)(H,25,29)/t18-/m0/s1. The van der Waals surface area contributed by atoms with Gasteiger partial charge < -0.3 is 15.6 Å². The lowest BCUT2D eigenvalue weighted by molar-refractivity contribution is -0.130. The molecule has 148 valence electrons. The summed E-state index contributed by atoms with van der Waals surface area (Å²) in [6.45, 7) is 1.51. The van der Waals surface area contributed by atoms with Crippen LogP contribution in [0.15, 0.2) is 48.7 Å². The molecule has 0 spiro atoms. The number of aromatic nitrogens is 1. The molecule has 8 heteroatoms. The van der Waals surface area contributed by atoms with Crippen molar-refractivity contribution in [3.63, 3.8) is 0 Å². The number of H-pyrrole nitrogens is 1. The fraction of sp³-hybridized carbons (Fsp3) is 0.190. The number of hydrogen-bond acceptors (Lipinski definition) is 3. The quantitative estimate of drug-likeness (QED) is 0.563. The molecule has 1 fully saturated rings. The van der Waals surface area contributed by atoms with Gasteiger partial charge in [-0.25, -0.2) is 4.79 Å². The first-order valence-corrected chi connectivity index (χ1v) is 9.53. The summed E-state index contributed by atoms with van der Waals surface area (Å²) >= 11 is 6.12. The van der Waals surface area contributed by atoms with Gasteiger partial charge in [-0.3, -0.25) is 14.5 Å². The summed E-state index contributed by atoms with van der Waals surface area (Å²) < 4.78 is 0. The molecule has 0 radical (unpaired) electrons. The van der Waals surface area contributed by atoms with Crippen LogP contribution in [-0.4, -0.2) is 40.3 Å². The smallest absolute Gasteiger partial charge is 0.325 e. The van der Waals surface area contributed by atoms with Crippen LogP contribution in [0, 0.1) is 6.92 Å². The molecule has 0 bridgehead atoms. The summed E-state index contributed by atoms with van der Waals surface area (Å²) in [6.07, 6.45) is 2.18. The van der Waals surface area contributed by atoms with E-state index >= 15 is 0 Å². The maximum Gasteiger partial charge on any atom is 0.325 e. The van der Waals surface area contributed by atoms with Gasteiger partial charge in [-0.15, -0.1) is 0 Å². The molecule has 7 nitrogen and oxygen atoms in total. The van der Waals surface area contributed by atoms with Crippen molar-refractivity contribution in [1.29, 1.82) is 0 Å². The topological polar surface area (TPSA) is 94.3 Å². The molecule has 2 heterocycles.